The van der Waals surface area contributed by atoms with Gasteiger partial charge in [0.05, 0.1) is 10.6 Å². The lowest BCUT2D eigenvalue weighted by molar-refractivity contribution is -0.127. The van der Waals surface area contributed by atoms with E-state index in [-0.39, 0.29) is 16.1 Å². The third-order valence-electron chi connectivity index (χ3n) is 3.18. The summed E-state index contributed by atoms with van der Waals surface area (Å²) in [6.07, 6.45) is 0. The Morgan fingerprint density at radius 1 is 1.00 bits per heavy atom. The zero-order valence-electron chi connectivity index (χ0n) is 13.0. The second kappa shape index (κ2) is 5.72. The molecule has 3 rings (SSSR count). The average Bonchev–Trinajstić information content (AvgIpc) is 2.53. The van der Waals surface area contributed by atoms with Crippen molar-refractivity contribution in [3.63, 3.8) is 0 Å². The highest BCUT2D eigenvalue weighted by Crippen LogP contribution is 2.33. The van der Waals surface area contributed by atoms with Crippen LogP contribution in [0.15, 0.2) is 63.1 Å². The van der Waals surface area contributed by atoms with E-state index in [2.05, 4.69) is 9.63 Å². The van der Waals surface area contributed by atoms with Crippen LogP contribution in [0.1, 0.15) is 24.2 Å². The topological polar surface area (TPSA) is 94.4 Å². The van der Waals surface area contributed by atoms with Gasteiger partial charge in [0.2, 0.25) is 5.79 Å². The fourth-order valence-corrected chi connectivity index (χ4v) is 2.93. The summed E-state index contributed by atoms with van der Waals surface area (Å²) >= 11 is 0. The lowest BCUT2D eigenvalue weighted by Gasteiger charge is -2.31. The molecule has 0 aromatic heterocycles. The Kier molecular flexibility index (Phi) is 3.84. The van der Waals surface area contributed by atoms with E-state index in [0.717, 1.165) is 0 Å². The van der Waals surface area contributed by atoms with Gasteiger partial charge < -0.3 is 9.47 Å². The maximum atomic E-state index is 12.1. The van der Waals surface area contributed by atoms with Crippen LogP contribution in [0.2, 0.25) is 0 Å². The molecular weight excluding hydrogens is 332 g/mol. The number of carbonyl (C=O) groups excluding carboxylic acids is 1. The molecule has 1 aliphatic heterocycles. The van der Waals surface area contributed by atoms with Crippen LogP contribution in [0.25, 0.3) is 0 Å². The minimum absolute atomic E-state index is 0.0382. The second-order valence-corrected chi connectivity index (χ2v) is 7.13. The van der Waals surface area contributed by atoms with Gasteiger partial charge in [-0.1, -0.05) is 22.7 Å². The van der Waals surface area contributed by atoms with Crippen LogP contribution in [-0.4, -0.2) is 20.2 Å². The van der Waals surface area contributed by atoms with Gasteiger partial charge in [0.25, 0.3) is 10.0 Å². The molecule has 2 aromatic carbocycles. The Hall–Kier alpha value is -2.74. The molecule has 124 valence electrons. The number of fused-ring (bicyclic) bond motifs is 1. The molecule has 0 radical (unpaired) electrons. The summed E-state index contributed by atoms with van der Waals surface area (Å²) in [7, 11) is -3.90. The molecule has 0 saturated carbocycles. The van der Waals surface area contributed by atoms with Crippen LogP contribution >= 0.6 is 0 Å². The van der Waals surface area contributed by atoms with Gasteiger partial charge in [-0.3, -0.25) is 0 Å². The van der Waals surface area contributed by atoms with Gasteiger partial charge in [0.1, 0.15) is 11.3 Å². The van der Waals surface area contributed by atoms with E-state index in [0.29, 0.717) is 5.75 Å². The maximum absolute atomic E-state index is 12.1. The van der Waals surface area contributed by atoms with Crippen molar-refractivity contribution in [1.82, 2.24) is 0 Å². The van der Waals surface area contributed by atoms with Crippen molar-refractivity contribution in [2.45, 2.75) is 24.5 Å². The second-order valence-electron chi connectivity index (χ2n) is 5.54. The standard InChI is InChI=1S/C16H14N2O5S/c1-16(2)22-14-9-8-11(10-13(14)15(19)23-16)17-18-24(20,21)12-6-4-3-5-7-12/h3-10H,1-2H3/b18-17+. The van der Waals surface area contributed by atoms with Crippen molar-refractivity contribution in [3.8, 4) is 5.75 Å². The monoisotopic (exact) mass is 346 g/mol. The van der Waals surface area contributed by atoms with Crippen LogP contribution in [0.4, 0.5) is 5.69 Å². The summed E-state index contributed by atoms with van der Waals surface area (Å²) in [6.45, 7) is 3.24. The SMILES string of the molecule is CC1(C)OC(=O)c2cc(/N=N/S(=O)(=O)c3ccccc3)ccc2O1. The van der Waals surface area contributed by atoms with Gasteiger partial charge in [-0.25, -0.2) is 4.79 Å². The minimum atomic E-state index is -3.90. The molecule has 2 aromatic rings. The van der Waals surface area contributed by atoms with Crippen molar-refractivity contribution >= 4 is 21.7 Å². The van der Waals surface area contributed by atoms with Gasteiger partial charge >= 0.3 is 5.97 Å². The Balaban J connectivity index is 1.90. The first kappa shape index (κ1) is 16.1. The number of esters is 1. The number of hydrogen-bond acceptors (Lipinski definition) is 6. The first-order chi connectivity index (χ1) is 11.3. The molecule has 0 unspecified atom stereocenters. The third-order valence-corrected chi connectivity index (χ3v) is 4.35. The van der Waals surface area contributed by atoms with Crippen molar-refractivity contribution < 1.29 is 22.7 Å². The molecule has 0 N–H and O–H groups in total. The molecule has 7 nitrogen and oxygen atoms in total. The Morgan fingerprint density at radius 2 is 1.71 bits per heavy atom. The molecule has 0 saturated heterocycles. The number of ether oxygens (including phenoxy) is 2. The molecule has 0 fully saturated rings. The minimum Gasteiger partial charge on any atom is -0.452 e. The Labute approximate surface area is 139 Å². The Morgan fingerprint density at radius 3 is 2.42 bits per heavy atom. The molecule has 1 aliphatic rings. The number of rotatable bonds is 3. The Bertz CT molecular complexity index is 921. The number of hydrogen-bond donors (Lipinski definition) is 0. The quantitative estimate of drug-likeness (QED) is 0.627. The molecule has 0 amide bonds. The average molecular weight is 346 g/mol. The summed E-state index contributed by atoms with van der Waals surface area (Å²) < 4.78 is 38.2. The molecule has 24 heavy (non-hydrogen) atoms. The summed E-state index contributed by atoms with van der Waals surface area (Å²) in [6, 6.07) is 12.2. The van der Waals surface area contributed by atoms with Crippen LogP contribution in [0.5, 0.6) is 5.75 Å². The van der Waals surface area contributed by atoms with Crippen molar-refractivity contribution in [2.75, 3.05) is 0 Å². The van der Waals surface area contributed by atoms with Crippen LogP contribution in [-0.2, 0) is 14.8 Å². The van der Waals surface area contributed by atoms with E-state index >= 15 is 0 Å². The lowest BCUT2D eigenvalue weighted by atomic mass is 10.1. The molecular formula is C16H14N2O5S. The molecule has 8 heteroatoms. The molecule has 0 spiro atoms. The van der Waals surface area contributed by atoms with Crippen LogP contribution in [0, 0.1) is 0 Å². The van der Waals surface area contributed by atoms with E-state index in [1.807, 2.05) is 0 Å². The fourth-order valence-electron chi connectivity index (χ4n) is 2.13. The van der Waals surface area contributed by atoms with E-state index in [9.17, 15) is 13.2 Å². The maximum Gasteiger partial charge on any atom is 0.345 e. The normalized spacial score (nSPS) is 16.3. The van der Waals surface area contributed by atoms with E-state index in [4.69, 9.17) is 9.47 Å². The van der Waals surface area contributed by atoms with Gasteiger partial charge in [-0.2, -0.15) is 8.42 Å². The highest BCUT2D eigenvalue weighted by molar-refractivity contribution is 7.90. The van der Waals surface area contributed by atoms with Crippen molar-refractivity contribution in [3.05, 3.63) is 54.1 Å². The number of carbonyl (C=O) groups is 1. The summed E-state index contributed by atoms with van der Waals surface area (Å²) in [5, 5.41) is 3.71. The smallest absolute Gasteiger partial charge is 0.345 e. The predicted molar refractivity (Wildman–Crippen MR) is 84.7 cm³/mol. The first-order valence-electron chi connectivity index (χ1n) is 7.06. The van der Waals surface area contributed by atoms with E-state index in [1.54, 1.807) is 32.0 Å². The van der Waals surface area contributed by atoms with Crippen molar-refractivity contribution in [2.24, 2.45) is 9.63 Å². The zero-order valence-corrected chi connectivity index (χ0v) is 13.8. The predicted octanol–water partition coefficient (Wildman–Crippen LogP) is 3.44. The van der Waals surface area contributed by atoms with Gasteiger partial charge in [0, 0.05) is 13.8 Å². The highest BCUT2D eigenvalue weighted by atomic mass is 32.2. The van der Waals surface area contributed by atoms with Gasteiger partial charge in [0.15, 0.2) is 0 Å². The third kappa shape index (κ3) is 3.28. The number of cyclic esters (lactones) is 1. The number of benzene rings is 2. The molecule has 1 heterocycles. The van der Waals surface area contributed by atoms with Crippen LogP contribution in [0.3, 0.4) is 0 Å². The van der Waals surface area contributed by atoms with Gasteiger partial charge in [-0.05, 0) is 30.3 Å². The lowest BCUT2D eigenvalue weighted by Crippen LogP contribution is -2.38. The van der Waals surface area contributed by atoms with E-state index in [1.165, 1.54) is 30.3 Å². The molecule has 0 atom stereocenters. The molecule has 0 bridgehead atoms. The zero-order chi connectivity index (χ0) is 17.4. The number of sulfonamides is 1. The molecule has 0 aliphatic carbocycles. The van der Waals surface area contributed by atoms with Crippen LogP contribution < -0.4 is 4.74 Å². The largest absolute Gasteiger partial charge is 0.452 e. The van der Waals surface area contributed by atoms with Gasteiger partial charge in [-0.15, -0.1) is 5.11 Å². The highest BCUT2D eigenvalue weighted by Gasteiger charge is 2.33. The summed E-state index contributed by atoms with van der Waals surface area (Å²) in [5.74, 6) is -1.27. The van der Waals surface area contributed by atoms with E-state index < -0.39 is 21.8 Å². The summed E-state index contributed by atoms with van der Waals surface area (Å²) in [5.41, 5.74) is 0.372. The van der Waals surface area contributed by atoms with Crippen molar-refractivity contribution in [1.29, 1.82) is 0 Å². The first-order valence-corrected chi connectivity index (χ1v) is 8.50. The summed E-state index contributed by atoms with van der Waals surface area (Å²) in [4.78, 5) is 12.0. The number of nitrogens with zero attached hydrogens (tertiary/aromatic N) is 2. The fraction of sp³-hybridized carbons (Fsp3) is 0.188.